The van der Waals surface area contributed by atoms with Gasteiger partial charge in [0.15, 0.2) is 0 Å². The molecular weight excluding hydrogens is 380 g/mol. The van der Waals surface area contributed by atoms with Gasteiger partial charge < -0.3 is 19.7 Å². The molecule has 0 saturated carbocycles. The van der Waals surface area contributed by atoms with Crippen molar-refractivity contribution in [1.29, 1.82) is 0 Å². The number of likely N-dealkylation sites (tertiary alicyclic amines) is 1. The first-order valence-corrected chi connectivity index (χ1v) is 10.0. The van der Waals surface area contributed by atoms with Gasteiger partial charge in [0.25, 0.3) is 11.8 Å². The molecule has 2 heterocycles. The zero-order valence-electron chi connectivity index (χ0n) is 15.6. The number of hydrogen-bond donors (Lipinski definition) is 1. The Morgan fingerprint density at radius 1 is 1.14 bits per heavy atom. The van der Waals surface area contributed by atoms with Gasteiger partial charge in [-0.1, -0.05) is 6.07 Å². The lowest BCUT2D eigenvalue weighted by Crippen LogP contribution is -2.46. The van der Waals surface area contributed by atoms with Crippen LogP contribution in [0.3, 0.4) is 0 Å². The van der Waals surface area contributed by atoms with Crippen molar-refractivity contribution in [3.05, 3.63) is 52.2 Å². The summed E-state index contributed by atoms with van der Waals surface area (Å²) in [6.07, 6.45) is 0.660. The molecular formula is C20H22N2O5S. The molecule has 1 aliphatic heterocycles. The number of nitrogens with one attached hydrogen (secondary N) is 1. The van der Waals surface area contributed by atoms with Gasteiger partial charge in [-0.3, -0.25) is 9.59 Å². The number of thiophene rings is 1. The third kappa shape index (κ3) is 5.10. The Labute approximate surface area is 167 Å². The van der Waals surface area contributed by atoms with Gasteiger partial charge in [0.2, 0.25) is 0 Å². The van der Waals surface area contributed by atoms with Gasteiger partial charge >= 0.3 is 6.16 Å². The first-order valence-electron chi connectivity index (χ1n) is 9.15. The van der Waals surface area contributed by atoms with Crippen LogP contribution in [-0.2, 0) is 4.74 Å². The van der Waals surface area contributed by atoms with Crippen molar-refractivity contribution in [2.45, 2.75) is 25.8 Å². The Balaban J connectivity index is 1.49. The number of carbonyl (C=O) groups is 3. The lowest BCUT2D eigenvalue weighted by atomic mass is 10.0. The summed E-state index contributed by atoms with van der Waals surface area (Å²) in [5.74, 6) is 0.188. The van der Waals surface area contributed by atoms with Crippen LogP contribution in [-0.4, -0.2) is 48.6 Å². The van der Waals surface area contributed by atoms with E-state index in [-0.39, 0.29) is 24.5 Å². The summed E-state index contributed by atoms with van der Waals surface area (Å²) in [5.41, 5.74) is 0.525. The minimum atomic E-state index is -0.770. The second-order valence-corrected chi connectivity index (χ2v) is 7.27. The molecule has 148 valence electrons. The lowest BCUT2D eigenvalue weighted by molar-refractivity contribution is 0.0698. The zero-order chi connectivity index (χ0) is 19.9. The first kappa shape index (κ1) is 19.9. The monoisotopic (exact) mass is 402 g/mol. The van der Waals surface area contributed by atoms with Crippen molar-refractivity contribution in [3.8, 4) is 5.75 Å². The molecule has 0 spiro atoms. The Hall–Kier alpha value is -2.87. The third-order valence-corrected chi connectivity index (χ3v) is 5.30. The number of carbonyl (C=O) groups excluding carboxylic acids is 3. The van der Waals surface area contributed by atoms with Crippen molar-refractivity contribution < 1.29 is 23.9 Å². The third-order valence-electron chi connectivity index (χ3n) is 4.43. The van der Waals surface area contributed by atoms with Gasteiger partial charge in [0.1, 0.15) is 5.75 Å². The average molecular weight is 402 g/mol. The molecule has 1 fully saturated rings. The zero-order valence-corrected chi connectivity index (χ0v) is 16.4. The Morgan fingerprint density at radius 2 is 1.86 bits per heavy atom. The van der Waals surface area contributed by atoms with Gasteiger partial charge in [-0.25, -0.2) is 4.79 Å². The molecule has 3 rings (SSSR count). The Kier molecular flexibility index (Phi) is 6.65. The first-order chi connectivity index (χ1) is 13.6. The maximum atomic E-state index is 12.7. The van der Waals surface area contributed by atoms with Crippen molar-refractivity contribution in [1.82, 2.24) is 10.2 Å². The lowest BCUT2D eigenvalue weighted by Gasteiger charge is -2.32. The molecule has 7 nitrogen and oxygen atoms in total. The number of benzene rings is 1. The topological polar surface area (TPSA) is 84.9 Å². The highest BCUT2D eigenvalue weighted by Crippen LogP contribution is 2.18. The van der Waals surface area contributed by atoms with E-state index in [1.807, 2.05) is 11.4 Å². The fourth-order valence-electron chi connectivity index (χ4n) is 2.98. The number of rotatable bonds is 5. The SMILES string of the molecule is CCOC(=O)Oc1ccc(C(=O)N2CCC(NC(=O)c3cccs3)CC2)cc1. The van der Waals surface area contributed by atoms with Crippen molar-refractivity contribution in [3.63, 3.8) is 0 Å². The summed E-state index contributed by atoms with van der Waals surface area (Å²) in [5, 5.41) is 4.90. The second kappa shape index (κ2) is 9.36. The van der Waals surface area contributed by atoms with Gasteiger partial charge in [-0.15, -0.1) is 11.3 Å². The van der Waals surface area contributed by atoms with Gasteiger partial charge in [0.05, 0.1) is 11.5 Å². The summed E-state index contributed by atoms with van der Waals surface area (Å²) in [7, 11) is 0. The molecule has 0 radical (unpaired) electrons. The fourth-order valence-corrected chi connectivity index (χ4v) is 3.61. The average Bonchev–Trinajstić information content (AvgIpc) is 3.24. The minimum absolute atomic E-state index is 0.0584. The number of piperidine rings is 1. The van der Waals surface area contributed by atoms with Gasteiger partial charge in [-0.2, -0.15) is 0 Å². The minimum Gasteiger partial charge on any atom is -0.434 e. The maximum Gasteiger partial charge on any atom is 0.513 e. The standard InChI is InChI=1S/C20H22N2O5S/c1-2-26-20(25)27-16-7-5-14(6-8-16)19(24)22-11-9-15(10-12-22)21-18(23)17-4-3-13-28-17/h3-8,13,15H,2,9-12H2,1H3,(H,21,23). The van der Waals surface area contributed by atoms with Gasteiger partial charge in [0, 0.05) is 24.7 Å². The van der Waals surface area contributed by atoms with E-state index in [1.165, 1.54) is 11.3 Å². The van der Waals surface area contributed by atoms with Gasteiger partial charge in [-0.05, 0) is 55.5 Å². The molecule has 0 aliphatic carbocycles. The van der Waals surface area contributed by atoms with Crippen molar-refractivity contribution in [2.24, 2.45) is 0 Å². The predicted octanol–water partition coefficient (Wildman–Crippen LogP) is 3.32. The van der Waals surface area contributed by atoms with Crippen LogP contribution in [0.4, 0.5) is 4.79 Å². The number of ether oxygens (including phenoxy) is 2. The molecule has 0 atom stereocenters. The van der Waals surface area contributed by atoms with E-state index in [1.54, 1.807) is 42.2 Å². The fraction of sp³-hybridized carbons (Fsp3) is 0.350. The quantitative estimate of drug-likeness (QED) is 0.613. The van der Waals surface area contributed by atoms with Crippen LogP contribution in [0.5, 0.6) is 5.75 Å². The molecule has 28 heavy (non-hydrogen) atoms. The van der Waals surface area contributed by atoms with E-state index < -0.39 is 6.16 Å². The van der Waals surface area contributed by atoms with E-state index in [0.29, 0.717) is 42.1 Å². The van der Waals surface area contributed by atoms with Crippen LogP contribution in [0, 0.1) is 0 Å². The van der Waals surface area contributed by atoms with E-state index in [9.17, 15) is 14.4 Å². The predicted molar refractivity (Wildman–Crippen MR) is 105 cm³/mol. The Bertz CT molecular complexity index is 812. The summed E-state index contributed by atoms with van der Waals surface area (Å²) in [4.78, 5) is 38.6. The highest BCUT2D eigenvalue weighted by Gasteiger charge is 2.25. The highest BCUT2D eigenvalue weighted by atomic mass is 32.1. The van der Waals surface area contributed by atoms with Crippen molar-refractivity contribution in [2.75, 3.05) is 19.7 Å². The van der Waals surface area contributed by atoms with E-state index in [2.05, 4.69) is 5.32 Å². The van der Waals surface area contributed by atoms with Crippen LogP contribution >= 0.6 is 11.3 Å². The molecule has 1 aromatic heterocycles. The summed E-state index contributed by atoms with van der Waals surface area (Å²) < 4.78 is 9.71. The largest absolute Gasteiger partial charge is 0.513 e. The molecule has 1 aromatic carbocycles. The summed E-state index contributed by atoms with van der Waals surface area (Å²) in [6.45, 7) is 3.09. The maximum absolute atomic E-state index is 12.7. The van der Waals surface area contributed by atoms with E-state index >= 15 is 0 Å². The number of amides is 2. The molecule has 8 heteroatoms. The number of hydrogen-bond acceptors (Lipinski definition) is 6. The van der Waals surface area contributed by atoms with Crippen molar-refractivity contribution >= 4 is 29.3 Å². The molecule has 0 unspecified atom stereocenters. The van der Waals surface area contributed by atoms with Crippen LogP contribution in [0.2, 0.25) is 0 Å². The molecule has 1 aliphatic rings. The van der Waals surface area contributed by atoms with E-state index in [4.69, 9.17) is 9.47 Å². The molecule has 0 bridgehead atoms. The second-order valence-electron chi connectivity index (χ2n) is 6.33. The molecule has 1 N–H and O–H groups in total. The Morgan fingerprint density at radius 3 is 2.46 bits per heavy atom. The van der Waals surface area contributed by atoms with Crippen LogP contribution in [0.25, 0.3) is 0 Å². The number of nitrogens with zero attached hydrogens (tertiary/aromatic N) is 1. The molecule has 2 amide bonds. The van der Waals surface area contributed by atoms with E-state index in [0.717, 1.165) is 0 Å². The van der Waals surface area contributed by atoms with Crippen LogP contribution < -0.4 is 10.1 Å². The highest BCUT2D eigenvalue weighted by molar-refractivity contribution is 7.12. The summed E-state index contributed by atoms with van der Waals surface area (Å²) in [6, 6.07) is 10.1. The molecule has 2 aromatic rings. The van der Waals surface area contributed by atoms with Crippen LogP contribution in [0.1, 0.15) is 39.8 Å². The summed E-state index contributed by atoms with van der Waals surface area (Å²) >= 11 is 1.41. The van der Waals surface area contributed by atoms with Crippen LogP contribution in [0.15, 0.2) is 41.8 Å². The normalized spacial score (nSPS) is 14.4. The molecule has 1 saturated heterocycles. The smallest absolute Gasteiger partial charge is 0.434 e.